The van der Waals surface area contributed by atoms with Crippen LogP contribution in [0.15, 0.2) is 36.4 Å². The second kappa shape index (κ2) is 12.9. The topological polar surface area (TPSA) is 0 Å². The lowest BCUT2D eigenvalue weighted by Gasteiger charge is -2.22. The molecule has 0 heterocycles. The van der Waals surface area contributed by atoms with Gasteiger partial charge in [-0.2, -0.15) is 0 Å². The number of fused-ring (bicyclic) bond motifs is 3. The summed E-state index contributed by atoms with van der Waals surface area (Å²) in [7, 11) is 0. The molecule has 166 valence electrons. The minimum Gasteiger partial charge on any atom is -0.0776 e. The lowest BCUT2D eigenvalue weighted by atomic mass is 9.81. The van der Waals surface area contributed by atoms with E-state index in [1.165, 1.54) is 84.7 Å². The average molecular weight is 399 g/mol. The second-order valence-corrected chi connectivity index (χ2v) is 8.30. The van der Waals surface area contributed by atoms with Crippen molar-refractivity contribution < 1.29 is 0 Å². The number of hydrogen-bond donors (Lipinski definition) is 0. The molecule has 0 bridgehead atoms. The molecule has 2 aromatic rings. The van der Waals surface area contributed by atoms with Crippen LogP contribution in [0.25, 0.3) is 11.1 Å². The molecule has 0 radical (unpaired) electrons. The minimum atomic E-state index is 0. The van der Waals surface area contributed by atoms with Crippen LogP contribution in [-0.4, -0.2) is 0 Å². The van der Waals surface area contributed by atoms with Gasteiger partial charge in [0.2, 0.25) is 0 Å². The Kier molecular flexibility index (Phi) is 13.2. The van der Waals surface area contributed by atoms with Crippen LogP contribution in [0, 0.1) is 0 Å². The Bertz CT molecular complexity index is 659. The third-order valence-corrected chi connectivity index (χ3v) is 5.94. The van der Waals surface area contributed by atoms with E-state index in [0.717, 1.165) is 0 Å². The van der Waals surface area contributed by atoms with Crippen molar-refractivity contribution >= 4 is 0 Å². The van der Waals surface area contributed by atoms with Gasteiger partial charge in [-0.15, -0.1) is 0 Å². The Hall–Kier alpha value is -1.56. The second-order valence-electron chi connectivity index (χ2n) is 8.30. The van der Waals surface area contributed by atoms with Crippen LogP contribution in [-0.2, 0) is 18.3 Å². The summed E-state index contributed by atoms with van der Waals surface area (Å²) in [5.74, 6) is 0. The average Bonchev–Trinajstić information content (AvgIpc) is 2.83. The molecule has 29 heavy (non-hydrogen) atoms. The molecule has 0 saturated carbocycles. The Balaban J connectivity index is 0. The molecule has 0 aromatic heterocycles. The molecule has 0 unspecified atom stereocenters. The van der Waals surface area contributed by atoms with Gasteiger partial charge in [0.15, 0.2) is 0 Å². The lowest BCUT2D eigenvalue weighted by molar-refractivity contribution is 0.654. The highest BCUT2D eigenvalue weighted by molar-refractivity contribution is 5.81. The van der Waals surface area contributed by atoms with Crippen LogP contribution in [0.1, 0.15) is 118 Å². The number of unbranched alkanes of at least 4 members (excludes halogenated alkanes) is 4. The quantitative estimate of drug-likeness (QED) is 0.388. The highest BCUT2D eigenvalue weighted by Gasteiger charge is 2.35. The van der Waals surface area contributed by atoms with E-state index in [-0.39, 0.29) is 35.1 Å². The van der Waals surface area contributed by atoms with Gasteiger partial charge < -0.3 is 0 Å². The van der Waals surface area contributed by atoms with E-state index < -0.39 is 0 Å². The number of rotatable bonds is 8. The van der Waals surface area contributed by atoms with Gasteiger partial charge in [-0.05, 0) is 59.1 Å². The first kappa shape index (κ1) is 29.6. The van der Waals surface area contributed by atoms with Crippen molar-refractivity contribution in [3.05, 3.63) is 58.7 Å². The van der Waals surface area contributed by atoms with E-state index in [4.69, 9.17) is 0 Å². The Morgan fingerprint density at radius 2 is 0.966 bits per heavy atom. The zero-order valence-electron chi connectivity index (χ0n) is 16.6. The van der Waals surface area contributed by atoms with Gasteiger partial charge in [0, 0.05) is 5.41 Å². The molecule has 0 amide bonds. The van der Waals surface area contributed by atoms with E-state index in [0.29, 0.717) is 0 Å². The van der Waals surface area contributed by atoms with E-state index in [9.17, 15) is 0 Å². The van der Waals surface area contributed by atoms with E-state index >= 15 is 0 Å². The SMILES string of the molecule is C.C.C.C.CCCCCc1ccc2c(c1)C(C)(C)c1cc(CCCCC)ccc1-2. The number of hydrogen-bond acceptors (Lipinski definition) is 0. The summed E-state index contributed by atoms with van der Waals surface area (Å²) in [6.45, 7) is 9.37. The molecule has 1 aliphatic carbocycles. The van der Waals surface area contributed by atoms with Crippen molar-refractivity contribution in [1.29, 1.82) is 0 Å². The fraction of sp³-hybridized carbons (Fsp3) is 0.586. The van der Waals surface area contributed by atoms with E-state index in [2.05, 4.69) is 64.1 Å². The van der Waals surface area contributed by atoms with Crippen molar-refractivity contribution in [3.63, 3.8) is 0 Å². The summed E-state index contributed by atoms with van der Waals surface area (Å²) in [6, 6.07) is 14.4. The molecule has 0 saturated heterocycles. The molecule has 0 fully saturated rings. The Morgan fingerprint density at radius 1 is 0.586 bits per heavy atom. The summed E-state index contributed by atoms with van der Waals surface area (Å²) in [6.07, 6.45) is 10.3. The van der Waals surface area contributed by atoms with Gasteiger partial charge in [0.25, 0.3) is 0 Å². The van der Waals surface area contributed by atoms with Crippen LogP contribution in [0.5, 0.6) is 0 Å². The molecule has 0 aliphatic heterocycles. The molecule has 1 aliphatic rings. The predicted octanol–water partition coefficient (Wildman–Crippen LogP) is 10.0. The van der Waals surface area contributed by atoms with Crippen molar-refractivity contribution in [2.24, 2.45) is 0 Å². The molecular formula is C29H50. The van der Waals surface area contributed by atoms with Gasteiger partial charge >= 0.3 is 0 Å². The molecular weight excluding hydrogens is 348 g/mol. The highest BCUT2D eigenvalue weighted by atomic mass is 14.4. The van der Waals surface area contributed by atoms with Gasteiger partial charge in [0.05, 0.1) is 0 Å². The van der Waals surface area contributed by atoms with Crippen LogP contribution < -0.4 is 0 Å². The minimum absolute atomic E-state index is 0. The lowest BCUT2D eigenvalue weighted by Crippen LogP contribution is -2.15. The summed E-state index contributed by atoms with van der Waals surface area (Å²) < 4.78 is 0. The molecule has 2 aromatic carbocycles. The third-order valence-electron chi connectivity index (χ3n) is 5.94. The third kappa shape index (κ3) is 6.21. The first-order chi connectivity index (χ1) is 12.1. The maximum atomic E-state index is 2.49. The fourth-order valence-electron chi connectivity index (χ4n) is 4.30. The van der Waals surface area contributed by atoms with Crippen LogP contribution >= 0.6 is 0 Å². The van der Waals surface area contributed by atoms with Crippen molar-refractivity contribution in [2.75, 3.05) is 0 Å². The molecule has 0 nitrogen and oxygen atoms in total. The summed E-state index contributed by atoms with van der Waals surface area (Å²) in [5, 5.41) is 0. The standard InChI is InChI=1S/C25H34.4CH4/c1-5-7-9-11-19-13-15-21-22-16-14-20(12-10-8-6-2)18-24(22)25(3,4)23(21)17-19;;;;/h13-18H,5-12H2,1-4H3;4*1H4. The Labute approximate surface area is 184 Å². The predicted molar refractivity (Wildman–Crippen MR) is 137 cm³/mol. The molecule has 0 atom stereocenters. The largest absolute Gasteiger partial charge is 0.0776 e. The van der Waals surface area contributed by atoms with E-state index in [1.807, 2.05) is 0 Å². The maximum Gasteiger partial charge on any atom is 0.0159 e. The molecule has 3 rings (SSSR count). The van der Waals surface area contributed by atoms with Gasteiger partial charge in [0.1, 0.15) is 0 Å². The zero-order valence-corrected chi connectivity index (χ0v) is 16.6. The molecule has 0 N–H and O–H groups in total. The summed E-state index contributed by atoms with van der Waals surface area (Å²) in [5.41, 5.74) is 9.13. The number of aryl methyl sites for hydroxylation is 2. The van der Waals surface area contributed by atoms with Gasteiger partial charge in [-0.25, -0.2) is 0 Å². The molecule has 0 heteroatoms. The van der Waals surface area contributed by atoms with Crippen LogP contribution in [0.2, 0.25) is 0 Å². The fourth-order valence-corrected chi connectivity index (χ4v) is 4.30. The Morgan fingerprint density at radius 3 is 1.31 bits per heavy atom. The van der Waals surface area contributed by atoms with Gasteiger partial charge in [-0.1, -0.05) is 119 Å². The van der Waals surface area contributed by atoms with E-state index in [1.54, 1.807) is 0 Å². The number of benzene rings is 2. The highest BCUT2D eigenvalue weighted by Crippen LogP contribution is 2.49. The summed E-state index contributed by atoms with van der Waals surface area (Å²) in [4.78, 5) is 0. The smallest absolute Gasteiger partial charge is 0.0159 e. The van der Waals surface area contributed by atoms with Gasteiger partial charge in [-0.3, -0.25) is 0 Å². The maximum absolute atomic E-state index is 2.49. The van der Waals surface area contributed by atoms with Crippen molar-refractivity contribution in [1.82, 2.24) is 0 Å². The van der Waals surface area contributed by atoms with Crippen LogP contribution in [0.3, 0.4) is 0 Å². The first-order valence-corrected chi connectivity index (χ1v) is 10.3. The summed E-state index contributed by atoms with van der Waals surface area (Å²) >= 11 is 0. The zero-order chi connectivity index (χ0) is 17.9. The monoisotopic (exact) mass is 398 g/mol. The first-order valence-electron chi connectivity index (χ1n) is 10.3. The normalized spacial score (nSPS) is 12.4. The van der Waals surface area contributed by atoms with Crippen LogP contribution in [0.4, 0.5) is 0 Å². The van der Waals surface area contributed by atoms with Crippen molar-refractivity contribution in [2.45, 2.75) is 114 Å². The molecule has 0 spiro atoms. The van der Waals surface area contributed by atoms with Crippen molar-refractivity contribution in [3.8, 4) is 11.1 Å².